The van der Waals surface area contributed by atoms with Crippen LogP contribution in [0.3, 0.4) is 0 Å². The molecule has 0 aliphatic carbocycles. The van der Waals surface area contributed by atoms with E-state index in [0.717, 1.165) is 13.0 Å². The van der Waals surface area contributed by atoms with Gasteiger partial charge in [0, 0.05) is 26.2 Å². The van der Waals surface area contributed by atoms with Crippen LogP contribution in [0.1, 0.15) is 22.7 Å². The number of anilines is 1. The third-order valence-corrected chi connectivity index (χ3v) is 4.65. The first-order valence-corrected chi connectivity index (χ1v) is 9.45. The Morgan fingerprint density at radius 3 is 2.70 bits per heavy atom. The van der Waals surface area contributed by atoms with Crippen LogP contribution in [0.25, 0.3) is 0 Å². The van der Waals surface area contributed by atoms with Crippen molar-refractivity contribution in [3.63, 3.8) is 0 Å². The number of benzene rings is 1. The molecule has 3 rings (SSSR count). The first-order valence-electron chi connectivity index (χ1n) is 9.45. The fraction of sp³-hybridized carbons (Fsp3) is 0.400. The number of esters is 1. The number of nitrogens with zero attached hydrogens (tertiary/aromatic N) is 2. The highest BCUT2D eigenvalue weighted by Crippen LogP contribution is 2.26. The summed E-state index contributed by atoms with van der Waals surface area (Å²) in [7, 11) is 1.29. The van der Waals surface area contributed by atoms with Crippen LogP contribution in [0.15, 0.2) is 40.8 Å². The second kappa shape index (κ2) is 10.1. The van der Waals surface area contributed by atoms with E-state index in [9.17, 15) is 18.4 Å². The first-order chi connectivity index (χ1) is 14.5. The Labute approximate surface area is 172 Å². The molecule has 2 aromatic rings. The highest BCUT2D eigenvalue weighted by Gasteiger charge is 2.22. The number of rotatable bonds is 6. The topological polar surface area (TPSA) is 84.2 Å². The van der Waals surface area contributed by atoms with Crippen molar-refractivity contribution in [1.29, 1.82) is 0 Å². The summed E-state index contributed by atoms with van der Waals surface area (Å²) in [4.78, 5) is 27.9. The van der Waals surface area contributed by atoms with E-state index in [1.807, 2.05) is 0 Å². The van der Waals surface area contributed by atoms with E-state index in [-0.39, 0.29) is 23.2 Å². The number of halogens is 2. The van der Waals surface area contributed by atoms with Crippen molar-refractivity contribution in [3.8, 4) is 5.75 Å². The number of hydrogen-bond donors (Lipinski definition) is 1. The molecule has 1 N–H and O–H groups in total. The van der Waals surface area contributed by atoms with Crippen molar-refractivity contribution in [3.05, 3.63) is 47.9 Å². The minimum atomic E-state index is -2.98. The third-order valence-electron chi connectivity index (χ3n) is 4.65. The quantitative estimate of drug-likeness (QED) is 0.717. The average molecular weight is 423 g/mol. The van der Waals surface area contributed by atoms with Crippen LogP contribution in [0.4, 0.5) is 19.3 Å². The molecule has 0 spiro atoms. The monoisotopic (exact) mass is 423 g/mol. The van der Waals surface area contributed by atoms with Gasteiger partial charge in [0.25, 0.3) is 0 Å². The predicted octanol–water partition coefficient (Wildman–Crippen LogP) is 3.41. The minimum Gasteiger partial charge on any atom is -0.463 e. The van der Waals surface area contributed by atoms with Gasteiger partial charge in [-0.2, -0.15) is 8.78 Å². The highest BCUT2D eigenvalue weighted by atomic mass is 19.3. The first kappa shape index (κ1) is 21.6. The molecule has 1 fully saturated rings. The smallest absolute Gasteiger partial charge is 0.387 e. The second-order valence-electron chi connectivity index (χ2n) is 6.68. The van der Waals surface area contributed by atoms with Crippen molar-refractivity contribution in [2.45, 2.75) is 19.6 Å². The number of urea groups is 1. The van der Waals surface area contributed by atoms with E-state index in [2.05, 4.69) is 19.7 Å². The number of amides is 2. The Hall–Kier alpha value is -3.14. The summed E-state index contributed by atoms with van der Waals surface area (Å²) >= 11 is 0. The molecule has 8 nitrogen and oxygen atoms in total. The van der Waals surface area contributed by atoms with Gasteiger partial charge in [-0.1, -0.05) is 12.1 Å². The lowest BCUT2D eigenvalue weighted by Crippen LogP contribution is -2.38. The van der Waals surface area contributed by atoms with Crippen LogP contribution in [-0.2, 0) is 11.3 Å². The molecule has 1 aromatic heterocycles. The van der Waals surface area contributed by atoms with E-state index in [1.165, 1.54) is 19.2 Å². The summed E-state index contributed by atoms with van der Waals surface area (Å²) in [6.07, 6.45) is 0.729. The van der Waals surface area contributed by atoms with E-state index in [0.29, 0.717) is 31.9 Å². The molecule has 30 heavy (non-hydrogen) atoms. The lowest BCUT2D eigenvalue weighted by atomic mass is 10.3. The molecule has 0 radical (unpaired) electrons. The van der Waals surface area contributed by atoms with E-state index < -0.39 is 12.6 Å². The molecule has 162 valence electrons. The lowest BCUT2D eigenvalue weighted by molar-refractivity contribution is -0.0493. The molecular formula is C20H23F2N3O5. The summed E-state index contributed by atoms with van der Waals surface area (Å²) in [5.41, 5.74) is 0.190. The molecule has 2 amide bonds. The van der Waals surface area contributed by atoms with Gasteiger partial charge in [-0.25, -0.2) is 9.59 Å². The third kappa shape index (κ3) is 5.69. The van der Waals surface area contributed by atoms with Crippen molar-refractivity contribution in [2.75, 3.05) is 38.6 Å². The van der Waals surface area contributed by atoms with Gasteiger partial charge in [0.05, 0.1) is 19.3 Å². The van der Waals surface area contributed by atoms with Crippen molar-refractivity contribution >= 4 is 17.7 Å². The standard InChI is InChI=1S/C20H23F2N3O5/c1-28-18(26)17-8-7-14(29-17)13-24-9-4-10-25(12-11-24)20(27)23-15-5-2-3-6-16(15)30-19(21)22/h2-3,5-8,19H,4,9-13H2,1H3,(H,23,27). The molecule has 1 aromatic carbocycles. The number of nitrogens with one attached hydrogen (secondary N) is 1. The largest absolute Gasteiger partial charge is 0.463 e. The average Bonchev–Trinajstić information content (AvgIpc) is 3.06. The highest BCUT2D eigenvalue weighted by molar-refractivity contribution is 5.91. The molecule has 2 heterocycles. The van der Waals surface area contributed by atoms with Gasteiger partial charge in [0.1, 0.15) is 11.5 Å². The number of furan rings is 1. The van der Waals surface area contributed by atoms with E-state index in [1.54, 1.807) is 29.2 Å². The van der Waals surface area contributed by atoms with Crippen molar-refractivity contribution in [1.82, 2.24) is 9.80 Å². The Kier molecular flexibility index (Phi) is 7.23. The Bertz CT molecular complexity index is 874. The minimum absolute atomic E-state index is 0.0865. The van der Waals surface area contributed by atoms with Crippen LogP contribution in [0.2, 0.25) is 0 Å². The Morgan fingerprint density at radius 2 is 1.93 bits per heavy atom. The predicted molar refractivity (Wildman–Crippen MR) is 104 cm³/mol. The maximum atomic E-state index is 12.6. The van der Waals surface area contributed by atoms with Crippen LogP contribution >= 0.6 is 0 Å². The van der Waals surface area contributed by atoms with Gasteiger partial charge >= 0.3 is 18.6 Å². The molecule has 0 saturated carbocycles. The number of methoxy groups -OCH3 is 1. The van der Waals surface area contributed by atoms with Gasteiger partial charge in [0.15, 0.2) is 0 Å². The number of alkyl halides is 2. The molecule has 1 saturated heterocycles. The fourth-order valence-corrected chi connectivity index (χ4v) is 3.19. The molecular weight excluding hydrogens is 400 g/mol. The molecule has 0 unspecified atom stereocenters. The zero-order chi connectivity index (χ0) is 21.5. The van der Waals surface area contributed by atoms with Crippen LogP contribution in [-0.4, -0.2) is 61.7 Å². The van der Waals surface area contributed by atoms with Gasteiger partial charge in [-0.3, -0.25) is 4.90 Å². The number of carbonyl (C=O) groups is 2. The summed E-state index contributed by atoms with van der Waals surface area (Å²) in [5, 5.41) is 2.64. The zero-order valence-corrected chi connectivity index (χ0v) is 16.5. The van der Waals surface area contributed by atoms with Gasteiger partial charge < -0.3 is 24.1 Å². The number of hydrogen-bond acceptors (Lipinski definition) is 6. The zero-order valence-electron chi connectivity index (χ0n) is 16.5. The maximum absolute atomic E-state index is 12.6. The molecule has 1 aliphatic rings. The summed E-state index contributed by atoms with van der Waals surface area (Å²) in [6, 6.07) is 8.97. The Balaban J connectivity index is 1.55. The molecule has 0 bridgehead atoms. The number of carbonyl (C=O) groups excluding carboxylic acids is 2. The van der Waals surface area contributed by atoms with E-state index >= 15 is 0 Å². The maximum Gasteiger partial charge on any atom is 0.387 e. The molecule has 0 atom stereocenters. The normalized spacial score (nSPS) is 15.0. The second-order valence-corrected chi connectivity index (χ2v) is 6.68. The number of ether oxygens (including phenoxy) is 2. The Morgan fingerprint density at radius 1 is 1.13 bits per heavy atom. The molecule has 10 heteroatoms. The van der Waals surface area contributed by atoms with Crippen LogP contribution in [0.5, 0.6) is 5.75 Å². The lowest BCUT2D eigenvalue weighted by Gasteiger charge is -2.22. The summed E-state index contributed by atoms with van der Waals surface area (Å²) in [5.74, 6) is 0.159. The van der Waals surface area contributed by atoms with Crippen LogP contribution < -0.4 is 10.1 Å². The van der Waals surface area contributed by atoms with Gasteiger partial charge in [-0.05, 0) is 30.7 Å². The number of para-hydroxylation sites is 2. The summed E-state index contributed by atoms with van der Waals surface area (Å²) in [6.45, 7) is -0.173. The SMILES string of the molecule is COC(=O)c1ccc(CN2CCCN(C(=O)Nc3ccccc3OC(F)F)CC2)o1. The fourth-order valence-electron chi connectivity index (χ4n) is 3.19. The van der Waals surface area contributed by atoms with Crippen molar-refractivity contribution in [2.24, 2.45) is 0 Å². The van der Waals surface area contributed by atoms with Gasteiger partial charge in [-0.15, -0.1) is 0 Å². The van der Waals surface area contributed by atoms with Crippen LogP contribution in [0, 0.1) is 0 Å². The van der Waals surface area contributed by atoms with Crippen molar-refractivity contribution < 1.29 is 32.3 Å². The van der Waals surface area contributed by atoms with Gasteiger partial charge in [0.2, 0.25) is 5.76 Å². The molecule has 1 aliphatic heterocycles. The summed E-state index contributed by atoms with van der Waals surface area (Å²) < 4.78 is 39.7. The van der Waals surface area contributed by atoms with E-state index in [4.69, 9.17) is 4.42 Å².